The Bertz CT molecular complexity index is 1070. The summed E-state index contributed by atoms with van der Waals surface area (Å²) in [4.78, 5) is 14.0. The summed E-state index contributed by atoms with van der Waals surface area (Å²) >= 11 is 8.85. The number of halogens is 1. The number of phenols is 1. The maximum Gasteiger partial charge on any atom is 0.262 e. The smallest absolute Gasteiger partial charge is 0.262 e. The maximum absolute atomic E-state index is 13.0. The van der Waals surface area contributed by atoms with Crippen molar-refractivity contribution < 1.29 is 15.0 Å². The first-order chi connectivity index (χ1) is 13.5. The largest absolute Gasteiger partial charge is 0.511 e. The molecule has 1 aliphatic rings. The van der Waals surface area contributed by atoms with Gasteiger partial charge < -0.3 is 15.5 Å². The zero-order valence-corrected chi connectivity index (χ0v) is 16.9. The van der Waals surface area contributed by atoms with Crippen molar-refractivity contribution in [2.75, 3.05) is 0 Å². The zero-order chi connectivity index (χ0) is 19.7. The van der Waals surface area contributed by atoms with Gasteiger partial charge in [0.2, 0.25) is 0 Å². The number of carbonyl (C=O) groups is 1. The summed E-state index contributed by atoms with van der Waals surface area (Å²) in [5.41, 5.74) is 0.599. The number of thiophene rings is 1. The number of rotatable bonds is 4. The first kappa shape index (κ1) is 18.9. The van der Waals surface area contributed by atoms with Crippen LogP contribution in [0.2, 0.25) is 5.02 Å². The summed E-state index contributed by atoms with van der Waals surface area (Å²) in [6.07, 6.45) is 0.172. The molecule has 2 aromatic carbocycles. The average molecular weight is 430 g/mol. The molecule has 3 aromatic rings. The van der Waals surface area contributed by atoms with Crippen LogP contribution < -0.4 is 5.32 Å². The van der Waals surface area contributed by atoms with Crippen molar-refractivity contribution in [2.45, 2.75) is 16.9 Å². The molecular formula is C21H16ClNO3S2. The molecule has 0 aliphatic carbocycles. The van der Waals surface area contributed by atoms with Gasteiger partial charge >= 0.3 is 0 Å². The standard InChI is InChI=1S/C21H16ClNO3S2/c22-16-6-1-2-7-18(16)28-19-17(25)11-21(23-20(19)26,14-8-9-27-12-14)13-4-3-5-15(24)10-13/h1-10,12,24-25H,11H2,(H,23,26). The highest BCUT2D eigenvalue weighted by molar-refractivity contribution is 8.04. The molecule has 2 heterocycles. The number of aliphatic hydroxyl groups is 1. The van der Waals surface area contributed by atoms with Crippen LogP contribution in [0.4, 0.5) is 0 Å². The normalized spacial score (nSPS) is 19.5. The Morgan fingerprint density at radius 3 is 2.57 bits per heavy atom. The summed E-state index contributed by atoms with van der Waals surface area (Å²) in [6.45, 7) is 0. The third-order valence-electron chi connectivity index (χ3n) is 4.63. The molecule has 1 aromatic heterocycles. The van der Waals surface area contributed by atoms with Gasteiger partial charge in [-0.15, -0.1) is 0 Å². The molecule has 0 saturated heterocycles. The second-order valence-corrected chi connectivity index (χ2v) is 8.65. The molecule has 4 rings (SSSR count). The lowest BCUT2D eigenvalue weighted by molar-refractivity contribution is -0.119. The lowest BCUT2D eigenvalue weighted by atomic mass is 9.79. The van der Waals surface area contributed by atoms with Gasteiger partial charge in [0.05, 0.1) is 10.6 Å². The highest BCUT2D eigenvalue weighted by Crippen LogP contribution is 2.44. The number of aromatic hydroxyl groups is 1. The summed E-state index contributed by atoms with van der Waals surface area (Å²) in [5.74, 6) is -0.299. The lowest BCUT2D eigenvalue weighted by Gasteiger charge is -2.38. The van der Waals surface area contributed by atoms with E-state index < -0.39 is 5.54 Å². The molecule has 0 fully saturated rings. The van der Waals surface area contributed by atoms with Crippen LogP contribution in [0.15, 0.2) is 80.9 Å². The number of nitrogens with one attached hydrogen (secondary N) is 1. The van der Waals surface area contributed by atoms with E-state index in [0.717, 1.165) is 17.3 Å². The number of benzene rings is 2. The zero-order valence-electron chi connectivity index (χ0n) is 14.6. The maximum atomic E-state index is 13.0. The van der Waals surface area contributed by atoms with Gasteiger partial charge in [0.25, 0.3) is 5.91 Å². The molecule has 1 unspecified atom stereocenters. The minimum absolute atomic E-state index is 0.0109. The van der Waals surface area contributed by atoms with Gasteiger partial charge in [-0.3, -0.25) is 4.79 Å². The number of phenolic OH excluding ortho intramolecular Hbond substituents is 1. The van der Waals surface area contributed by atoms with E-state index in [2.05, 4.69) is 5.32 Å². The predicted molar refractivity (Wildman–Crippen MR) is 113 cm³/mol. The molecular weight excluding hydrogens is 414 g/mol. The van der Waals surface area contributed by atoms with E-state index in [9.17, 15) is 15.0 Å². The average Bonchev–Trinajstić information content (AvgIpc) is 3.21. The van der Waals surface area contributed by atoms with Crippen molar-refractivity contribution in [1.82, 2.24) is 5.32 Å². The molecule has 1 amide bonds. The van der Waals surface area contributed by atoms with E-state index in [1.165, 1.54) is 11.3 Å². The van der Waals surface area contributed by atoms with Crippen molar-refractivity contribution in [1.29, 1.82) is 0 Å². The van der Waals surface area contributed by atoms with Crippen LogP contribution >= 0.6 is 34.7 Å². The number of hydrogen-bond donors (Lipinski definition) is 3. The highest BCUT2D eigenvalue weighted by Gasteiger charge is 2.43. The fraction of sp³-hybridized carbons (Fsp3) is 0.0952. The Balaban J connectivity index is 1.79. The van der Waals surface area contributed by atoms with Gasteiger partial charge in [0.15, 0.2) is 0 Å². The number of amides is 1. The van der Waals surface area contributed by atoms with Crippen LogP contribution in [0.3, 0.4) is 0 Å². The molecule has 1 atom stereocenters. The first-order valence-electron chi connectivity index (χ1n) is 8.49. The van der Waals surface area contributed by atoms with Crippen LogP contribution in [0.1, 0.15) is 17.5 Å². The van der Waals surface area contributed by atoms with Crippen LogP contribution in [0.5, 0.6) is 5.75 Å². The number of aliphatic hydroxyl groups excluding tert-OH is 1. The van der Waals surface area contributed by atoms with Crippen molar-refractivity contribution in [3.8, 4) is 5.75 Å². The number of carbonyl (C=O) groups excluding carboxylic acids is 1. The van der Waals surface area contributed by atoms with Gasteiger partial charge in [-0.05, 0) is 52.2 Å². The van der Waals surface area contributed by atoms with Gasteiger partial charge in [0, 0.05) is 11.3 Å². The number of thioether (sulfide) groups is 1. The molecule has 3 N–H and O–H groups in total. The Morgan fingerprint density at radius 1 is 1.07 bits per heavy atom. The van der Waals surface area contributed by atoms with Gasteiger partial charge in [0.1, 0.15) is 16.4 Å². The van der Waals surface area contributed by atoms with Gasteiger partial charge in [-0.2, -0.15) is 11.3 Å². The summed E-state index contributed by atoms with van der Waals surface area (Å²) in [7, 11) is 0. The Morgan fingerprint density at radius 2 is 1.89 bits per heavy atom. The monoisotopic (exact) mass is 429 g/mol. The fourth-order valence-electron chi connectivity index (χ4n) is 3.29. The third-order valence-corrected chi connectivity index (χ3v) is 6.96. The molecule has 28 heavy (non-hydrogen) atoms. The van der Waals surface area contributed by atoms with E-state index in [4.69, 9.17) is 11.6 Å². The van der Waals surface area contributed by atoms with E-state index >= 15 is 0 Å². The van der Waals surface area contributed by atoms with E-state index in [1.807, 2.05) is 35.0 Å². The second-order valence-electron chi connectivity index (χ2n) is 6.41. The minimum Gasteiger partial charge on any atom is -0.511 e. The minimum atomic E-state index is -0.954. The molecule has 0 spiro atoms. The molecule has 0 bridgehead atoms. The van der Waals surface area contributed by atoms with Crippen LogP contribution in [-0.4, -0.2) is 16.1 Å². The summed E-state index contributed by atoms with van der Waals surface area (Å²) < 4.78 is 0. The van der Waals surface area contributed by atoms with Crippen molar-refractivity contribution >= 4 is 40.6 Å². The third kappa shape index (κ3) is 3.39. The first-order valence-corrected chi connectivity index (χ1v) is 10.6. The predicted octanol–water partition coefficient (Wildman–Crippen LogP) is 5.43. The summed E-state index contributed by atoms with van der Waals surface area (Å²) in [5, 5.41) is 28.3. The topological polar surface area (TPSA) is 69.6 Å². The quantitative estimate of drug-likeness (QED) is 0.517. The van der Waals surface area contributed by atoms with E-state index in [-0.39, 0.29) is 28.7 Å². The second kappa shape index (κ2) is 7.54. The highest BCUT2D eigenvalue weighted by atomic mass is 35.5. The van der Waals surface area contributed by atoms with Crippen LogP contribution in [0, 0.1) is 0 Å². The van der Waals surface area contributed by atoms with Crippen LogP contribution in [0.25, 0.3) is 0 Å². The molecule has 7 heteroatoms. The number of hydrogen-bond acceptors (Lipinski definition) is 5. The summed E-state index contributed by atoms with van der Waals surface area (Å²) in [6, 6.07) is 15.8. The van der Waals surface area contributed by atoms with Crippen LogP contribution in [-0.2, 0) is 10.3 Å². The van der Waals surface area contributed by atoms with Crippen molar-refractivity contribution in [2.24, 2.45) is 0 Å². The SMILES string of the molecule is O=C1NC(c2ccsc2)(c2cccc(O)c2)CC(O)=C1Sc1ccccc1Cl. The fourth-order valence-corrected chi connectivity index (χ4v) is 5.14. The Hall–Kier alpha value is -2.41. The molecule has 142 valence electrons. The molecule has 4 nitrogen and oxygen atoms in total. The lowest BCUT2D eigenvalue weighted by Crippen LogP contribution is -2.50. The van der Waals surface area contributed by atoms with Crippen molar-refractivity contribution in [3.05, 3.63) is 92.2 Å². The Kier molecular flexibility index (Phi) is 5.10. The van der Waals surface area contributed by atoms with Crippen molar-refractivity contribution in [3.63, 3.8) is 0 Å². The van der Waals surface area contributed by atoms with E-state index in [0.29, 0.717) is 15.5 Å². The van der Waals surface area contributed by atoms with E-state index in [1.54, 1.807) is 30.3 Å². The molecule has 1 aliphatic heterocycles. The van der Waals surface area contributed by atoms with Gasteiger partial charge in [-0.25, -0.2) is 0 Å². The Labute approximate surface area is 175 Å². The van der Waals surface area contributed by atoms with Gasteiger partial charge in [-0.1, -0.05) is 47.6 Å². The molecule has 0 saturated carbocycles. The molecule has 0 radical (unpaired) electrons.